The van der Waals surface area contributed by atoms with Crippen LogP contribution >= 0.6 is 11.8 Å². The van der Waals surface area contributed by atoms with Crippen LogP contribution in [0.15, 0.2) is 64.3 Å². The van der Waals surface area contributed by atoms with E-state index in [0.717, 1.165) is 47.9 Å². The Balaban J connectivity index is 1.71. The van der Waals surface area contributed by atoms with E-state index in [2.05, 4.69) is 17.6 Å². The molecule has 0 spiro atoms. The van der Waals surface area contributed by atoms with Gasteiger partial charge in [0.15, 0.2) is 5.17 Å². The van der Waals surface area contributed by atoms with E-state index in [1.807, 2.05) is 47.3 Å². The minimum absolute atomic E-state index is 0.121. The molecule has 1 fully saturated rings. The number of hydrogen-bond acceptors (Lipinski definition) is 6. The van der Waals surface area contributed by atoms with Gasteiger partial charge in [0.2, 0.25) is 5.91 Å². The number of esters is 1. The molecule has 0 bridgehead atoms. The van der Waals surface area contributed by atoms with Crippen molar-refractivity contribution in [3.63, 3.8) is 0 Å². The number of amidine groups is 1. The van der Waals surface area contributed by atoms with Crippen LogP contribution in [0.5, 0.6) is 0 Å². The Kier molecular flexibility index (Phi) is 6.32. The molecule has 1 unspecified atom stereocenters. The van der Waals surface area contributed by atoms with Gasteiger partial charge in [-0.05, 0) is 37.7 Å². The van der Waals surface area contributed by atoms with Crippen molar-refractivity contribution in [3.8, 4) is 0 Å². The second-order valence-corrected chi connectivity index (χ2v) is 8.80. The molecule has 1 atom stereocenters. The molecule has 31 heavy (non-hydrogen) atoms. The number of carbonyl (C=O) groups is 2. The molecular formula is C24H27N3O3S. The molecule has 6 nitrogen and oxygen atoms in total. The number of carbonyl (C=O) groups excluding carboxylic acids is 2. The molecule has 0 radical (unpaired) electrons. The first kappa shape index (κ1) is 21.4. The van der Waals surface area contributed by atoms with Crippen molar-refractivity contribution in [1.82, 2.24) is 9.80 Å². The van der Waals surface area contributed by atoms with Gasteiger partial charge in [0, 0.05) is 18.8 Å². The van der Waals surface area contributed by atoms with E-state index in [1.165, 1.54) is 11.8 Å². The molecule has 1 aromatic carbocycles. The van der Waals surface area contributed by atoms with Gasteiger partial charge in [-0.25, -0.2) is 9.79 Å². The molecular weight excluding hydrogens is 410 g/mol. The highest BCUT2D eigenvalue weighted by Crippen LogP contribution is 2.45. The lowest BCUT2D eigenvalue weighted by molar-refractivity contribution is -0.138. The average Bonchev–Trinajstić information content (AvgIpc) is 3.41. The van der Waals surface area contributed by atoms with Crippen molar-refractivity contribution < 1.29 is 14.3 Å². The Morgan fingerprint density at radius 1 is 1.29 bits per heavy atom. The number of likely N-dealkylation sites (tertiary alicyclic amines) is 1. The Labute approximate surface area is 187 Å². The van der Waals surface area contributed by atoms with E-state index in [9.17, 15) is 9.59 Å². The van der Waals surface area contributed by atoms with Crippen molar-refractivity contribution in [2.75, 3.05) is 19.7 Å². The molecule has 0 saturated carbocycles. The molecule has 4 rings (SSSR count). The summed E-state index contributed by atoms with van der Waals surface area (Å²) in [7, 11) is 0. The summed E-state index contributed by atoms with van der Waals surface area (Å²) < 4.78 is 5.42. The standard InChI is InChI=1S/C24H27N3O3S/c1-4-12-30-23(29)21-17(3)25-24-27(22(21)18-9-7-8-16(2)13-18)19(15-31-24)14-20(28)26-10-5-6-11-26/h4,7-9,13,15,22H,1,5-6,10-12,14H2,2-3H3. The van der Waals surface area contributed by atoms with Crippen molar-refractivity contribution in [2.24, 2.45) is 4.99 Å². The van der Waals surface area contributed by atoms with Crippen molar-refractivity contribution >= 4 is 28.8 Å². The number of fused-ring (bicyclic) bond motifs is 1. The summed E-state index contributed by atoms with van der Waals surface area (Å²) >= 11 is 1.50. The highest BCUT2D eigenvalue weighted by molar-refractivity contribution is 8.16. The number of thioether (sulfide) groups is 1. The van der Waals surface area contributed by atoms with Gasteiger partial charge in [0.05, 0.1) is 23.7 Å². The number of allylic oxidation sites excluding steroid dienone is 1. The van der Waals surface area contributed by atoms with Crippen LogP contribution in [0.4, 0.5) is 0 Å². The third-order valence-corrected chi connectivity index (χ3v) is 6.59. The van der Waals surface area contributed by atoms with Crippen LogP contribution in [-0.4, -0.2) is 46.5 Å². The SMILES string of the molecule is C=CCOC(=O)C1=C(C)N=C2SC=C(CC(=O)N3CCCC3)N2C1c1cccc(C)c1. The van der Waals surface area contributed by atoms with Crippen LogP contribution < -0.4 is 0 Å². The molecule has 0 aliphatic carbocycles. The second kappa shape index (κ2) is 9.14. The summed E-state index contributed by atoms with van der Waals surface area (Å²) in [4.78, 5) is 34.6. The number of aliphatic imine (C=N–C) groups is 1. The van der Waals surface area contributed by atoms with Crippen LogP contribution in [0.1, 0.15) is 43.4 Å². The Morgan fingerprint density at radius 3 is 2.77 bits per heavy atom. The van der Waals surface area contributed by atoms with Gasteiger partial charge >= 0.3 is 5.97 Å². The van der Waals surface area contributed by atoms with Gasteiger partial charge in [-0.3, -0.25) is 4.79 Å². The average molecular weight is 438 g/mol. The summed E-state index contributed by atoms with van der Waals surface area (Å²) in [6, 6.07) is 7.71. The maximum absolute atomic E-state index is 13.0. The van der Waals surface area contributed by atoms with Gasteiger partial charge in [-0.1, -0.05) is 54.2 Å². The van der Waals surface area contributed by atoms with Crippen LogP contribution in [0.3, 0.4) is 0 Å². The molecule has 3 heterocycles. The monoisotopic (exact) mass is 437 g/mol. The first-order valence-electron chi connectivity index (χ1n) is 10.6. The third kappa shape index (κ3) is 4.32. The van der Waals surface area contributed by atoms with E-state index in [1.54, 1.807) is 6.08 Å². The molecule has 0 aromatic heterocycles. The molecule has 3 aliphatic rings. The number of hydrogen-bond donors (Lipinski definition) is 0. The maximum Gasteiger partial charge on any atom is 0.338 e. The number of benzene rings is 1. The molecule has 0 N–H and O–H groups in total. The summed E-state index contributed by atoms with van der Waals surface area (Å²) in [6.07, 6.45) is 3.97. The van der Waals surface area contributed by atoms with Crippen LogP contribution in [0.25, 0.3) is 0 Å². The largest absolute Gasteiger partial charge is 0.458 e. The molecule has 162 valence electrons. The zero-order valence-corrected chi connectivity index (χ0v) is 18.8. The van der Waals surface area contributed by atoms with Gasteiger partial charge in [-0.2, -0.15) is 0 Å². The summed E-state index contributed by atoms with van der Waals surface area (Å²) in [6.45, 7) is 9.28. The van der Waals surface area contributed by atoms with E-state index in [4.69, 9.17) is 4.74 Å². The van der Waals surface area contributed by atoms with E-state index in [0.29, 0.717) is 17.7 Å². The highest BCUT2D eigenvalue weighted by Gasteiger charge is 2.41. The number of nitrogens with zero attached hydrogens (tertiary/aromatic N) is 3. The first-order valence-corrected chi connectivity index (χ1v) is 11.4. The minimum Gasteiger partial charge on any atom is -0.458 e. The van der Waals surface area contributed by atoms with Gasteiger partial charge in [0.1, 0.15) is 6.61 Å². The Morgan fingerprint density at radius 2 is 2.06 bits per heavy atom. The summed E-state index contributed by atoms with van der Waals surface area (Å²) in [5, 5.41) is 2.77. The number of amides is 1. The lowest BCUT2D eigenvalue weighted by Gasteiger charge is -2.36. The highest BCUT2D eigenvalue weighted by atomic mass is 32.2. The first-order chi connectivity index (χ1) is 15.0. The van der Waals surface area contributed by atoms with Gasteiger partial charge in [-0.15, -0.1) is 0 Å². The van der Waals surface area contributed by atoms with Crippen molar-refractivity contribution in [3.05, 3.63) is 70.4 Å². The lowest BCUT2D eigenvalue weighted by atomic mass is 9.93. The smallest absolute Gasteiger partial charge is 0.338 e. The van der Waals surface area contributed by atoms with Crippen molar-refractivity contribution in [1.29, 1.82) is 0 Å². The third-order valence-electron chi connectivity index (χ3n) is 5.70. The fourth-order valence-corrected chi connectivity index (χ4v) is 5.20. The van der Waals surface area contributed by atoms with E-state index in [-0.39, 0.29) is 12.5 Å². The van der Waals surface area contributed by atoms with Crippen LogP contribution in [-0.2, 0) is 14.3 Å². The number of aryl methyl sites for hydroxylation is 1. The topological polar surface area (TPSA) is 62.2 Å². The summed E-state index contributed by atoms with van der Waals surface area (Å²) in [5.74, 6) is -0.288. The lowest BCUT2D eigenvalue weighted by Crippen LogP contribution is -2.38. The van der Waals surface area contributed by atoms with Crippen molar-refractivity contribution in [2.45, 2.75) is 39.2 Å². The summed E-state index contributed by atoms with van der Waals surface area (Å²) in [5.41, 5.74) is 4.08. The molecule has 7 heteroatoms. The fraction of sp³-hybridized carbons (Fsp3) is 0.375. The predicted octanol–water partition coefficient (Wildman–Crippen LogP) is 4.31. The number of ether oxygens (including phenoxy) is 1. The van der Waals surface area contributed by atoms with Crippen LogP contribution in [0, 0.1) is 6.92 Å². The van der Waals surface area contributed by atoms with E-state index < -0.39 is 12.0 Å². The quantitative estimate of drug-likeness (QED) is 0.490. The maximum atomic E-state index is 13.0. The van der Waals surface area contributed by atoms with E-state index >= 15 is 0 Å². The molecule has 1 aromatic rings. The molecule has 3 aliphatic heterocycles. The van der Waals surface area contributed by atoms with Gasteiger partial charge in [0.25, 0.3) is 0 Å². The minimum atomic E-state index is -0.408. The Hall–Kier alpha value is -2.80. The molecule has 1 amide bonds. The Bertz CT molecular complexity index is 1010. The zero-order chi connectivity index (χ0) is 22.0. The zero-order valence-electron chi connectivity index (χ0n) is 18.0. The normalized spacial score (nSPS) is 20.4. The number of rotatable bonds is 6. The second-order valence-electron chi connectivity index (χ2n) is 7.96. The van der Waals surface area contributed by atoms with Crippen LogP contribution in [0.2, 0.25) is 0 Å². The van der Waals surface area contributed by atoms with Gasteiger partial charge < -0.3 is 14.5 Å². The molecule has 1 saturated heterocycles. The fourth-order valence-electron chi connectivity index (χ4n) is 4.23. The predicted molar refractivity (Wildman–Crippen MR) is 123 cm³/mol.